The first-order valence-electron chi connectivity index (χ1n) is 27.2. The summed E-state index contributed by atoms with van der Waals surface area (Å²) >= 11 is 0. The Morgan fingerprint density at radius 1 is 0.468 bits per heavy atom. The molecule has 364 valence electrons. The molecule has 0 saturated heterocycles. The number of aliphatic hydroxyl groups is 2. The van der Waals surface area contributed by atoms with Crippen LogP contribution >= 0.6 is 0 Å². The number of allylic oxidation sites excluding steroid dienone is 6. The molecule has 0 heterocycles. The van der Waals surface area contributed by atoms with E-state index in [0.29, 0.717) is 19.3 Å². The number of hydrogen-bond donors (Lipinski definition) is 3. The predicted octanol–water partition coefficient (Wildman–Crippen LogP) is 16.5. The highest BCUT2D eigenvalue weighted by atomic mass is 16.5. The summed E-state index contributed by atoms with van der Waals surface area (Å²) in [6, 6.07) is -0.714. The lowest BCUT2D eigenvalue weighted by Crippen LogP contribution is -2.46. The molecular weight excluding hydrogens is 767 g/mol. The van der Waals surface area contributed by atoms with Crippen molar-refractivity contribution in [1.29, 1.82) is 0 Å². The van der Waals surface area contributed by atoms with Crippen LogP contribution in [0.1, 0.15) is 284 Å². The van der Waals surface area contributed by atoms with Crippen LogP contribution in [0.5, 0.6) is 0 Å². The second kappa shape index (κ2) is 50.1. The van der Waals surface area contributed by atoms with Crippen LogP contribution < -0.4 is 5.32 Å². The molecule has 0 bridgehead atoms. The fraction of sp³-hybridized carbons (Fsp3) is 0.857. The first-order chi connectivity index (χ1) is 30.5. The molecule has 3 N–H and O–H groups in total. The maximum absolute atomic E-state index is 13.2. The predicted molar refractivity (Wildman–Crippen MR) is 269 cm³/mol. The number of aliphatic hydroxyl groups excluding tert-OH is 2. The van der Waals surface area contributed by atoms with Gasteiger partial charge in [0.1, 0.15) is 6.10 Å². The van der Waals surface area contributed by atoms with Crippen molar-refractivity contribution in [2.45, 2.75) is 302 Å². The lowest BCUT2D eigenvalue weighted by Gasteiger charge is -2.24. The van der Waals surface area contributed by atoms with Gasteiger partial charge < -0.3 is 20.3 Å². The van der Waals surface area contributed by atoms with Crippen LogP contribution in [0.15, 0.2) is 36.5 Å². The van der Waals surface area contributed by atoms with E-state index >= 15 is 0 Å². The first-order valence-corrected chi connectivity index (χ1v) is 27.2. The molecule has 62 heavy (non-hydrogen) atoms. The second-order valence-electron chi connectivity index (χ2n) is 18.7. The molecule has 0 aromatic heterocycles. The number of esters is 1. The Morgan fingerprint density at radius 3 is 1.29 bits per heavy atom. The van der Waals surface area contributed by atoms with Gasteiger partial charge in [-0.15, -0.1) is 0 Å². The molecule has 1 amide bonds. The lowest BCUT2D eigenvalue weighted by atomic mass is 10.0. The SMILES string of the molecule is CCCCCC/C=C\CCCCCCCCCC(=O)OC(CCC/C=C/C=C/CCCCCCCCC)CC(=O)NC(CO)C(O)CCCCCCCCCCCCCCCC. The van der Waals surface area contributed by atoms with Crippen molar-refractivity contribution in [2.24, 2.45) is 0 Å². The number of carbonyl (C=O) groups is 2. The highest BCUT2D eigenvalue weighted by Crippen LogP contribution is 2.17. The van der Waals surface area contributed by atoms with Crippen LogP contribution in [0.2, 0.25) is 0 Å². The second-order valence-corrected chi connectivity index (χ2v) is 18.7. The highest BCUT2D eigenvalue weighted by Gasteiger charge is 2.24. The van der Waals surface area contributed by atoms with E-state index in [0.717, 1.165) is 57.8 Å². The van der Waals surface area contributed by atoms with Gasteiger partial charge in [0.25, 0.3) is 0 Å². The highest BCUT2D eigenvalue weighted by molar-refractivity contribution is 5.77. The van der Waals surface area contributed by atoms with Crippen molar-refractivity contribution in [3.63, 3.8) is 0 Å². The van der Waals surface area contributed by atoms with Crippen LogP contribution in [-0.4, -0.2) is 46.9 Å². The van der Waals surface area contributed by atoms with E-state index in [1.54, 1.807) is 0 Å². The Balaban J connectivity index is 4.61. The summed E-state index contributed by atoms with van der Waals surface area (Å²) in [5.74, 6) is -0.516. The minimum atomic E-state index is -0.798. The van der Waals surface area contributed by atoms with E-state index in [1.165, 1.54) is 180 Å². The molecule has 3 atom stereocenters. The van der Waals surface area contributed by atoms with Crippen LogP contribution in [0.4, 0.5) is 0 Å². The standard InChI is InChI=1S/C56H105NO5/c1-4-7-10-13-16-19-22-25-28-31-34-37-40-43-46-49-56(61)62-52(47-44-41-38-35-32-29-26-23-20-17-14-11-8-5-2)50-55(60)57-53(51-58)54(59)48-45-42-39-36-33-30-27-24-21-18-15-12-9-6-3/h19,22,29,32,35,38,52-54,58-59H,4-18,20-21,23-28,30-31,33-34,36-37,39-51H2,1-3H3,(H,57,60)/b22-19-,32-29+,38-35+. The van der Waals surface area contributed by atoms with Gasteiger partial charge in [0, 0.05) is 6.42 Å². The zero-order valence-corrected chi connectivity index (χ0v) is 41.5. The van der Waals surface area contributed by atoms with Gasteiger partial charge in [-0.1, -0.05) is 237 Å². The average molecular weight is 872 g/mol. The molecule has 3 unspecified atom stereocenters. The van der Waals surface area contributed by atoms with E-state index in [2.05, 4.69) is 62.5 Å². The summed E-state index contributed by atoms with van der Waals surface area (Å²) in [5.41, 5.74) is 0. The van der Waals surface area contributed by atoms with E-state index < -0.39 is 18.2 Å². The van der Waals surface area contributed by atoms with E-state index in [1.807, 2.05) is 0 Å². The van der Waals surface area contributed by atoms with Crippen molar-refractivity contribution < 1.29 is 24.5 Å². The van der Waals surface area contributed by atoms with Crippen LogP contribution in [-0.2, 0) is 14.3 Å². The molecule has 0 aromatic rings. The van der Waals surface area contributed by atoms with E-state index in [4.69, 9.17) is 4.74 Å². The summed E-state index contributed by atoms with van der Waals surface area (Å²) in [6.45, 7) is 6.47. The summed E-state index contributed by atoms with van der Waals surface area (Å²) in [4.78, 5) is 26.2. The summed E-state index contributed by atoms with van der Waals surface area (Å²) in [5, 5.41) is 23.8. The molecule has 0 aliphatic heterocycles. The summed E-state index contributed by atoms with van der Waals surface area (Å²) < 4.78 is 5.92. The molecule has 0 aliphatic rings. The molecule has 0 rings (SSSR count). The minimum Gasteiger partial charge on any atom is -0.462 e. The Hall–Kier alpha value is -1.92. The van der Waals surface area contributed by atoms with E-state index in [9.17, 15) is 19.8 Å². The Labute approximate surface area is 385 Å². The van der Waals surface area contributed by atoms with Crippen molar-refractivity contribution in [3.8, 4) is 0 Å². The topological polar surface area (TPSA) is 95.9 Å². The van der Waals surface area contributed by atoms with Gasteiger partial charge in [-0.25, -0.2) is 0 Å². The van der Waals surface area contributed by atoms with Gasteiger partial charge >= 0.3 is 5.97 Å². The Bertz CT molecular complexity index is 1020. The van der Waals surface area contributed by atoms with Gasteiger partial charge in [0.15, 0.2) is 0 Å². The number of ether oxygens (including phenoxy) is 1. The van der Waals surface area contributed by atoms with Gasteiger partial charge in [0.05, 0.1) is 25.2 Å². The van der Waals surface area contributed by atoms with E-state index in [-0.39, 0.29) is 24.9 Å². The van der Waals surface area contributed by atoms with Gasteiger partial charge in [0.2, 0.25) is 5.91 Å². The molecule has 0 aromatic carbocycles. The van der Waals surface area contributed by atoms with Gasteiger partial charge in [-0.05, 0) is 70.6 Å². The zero-order valence-electron chi connectivity index (χ0n) is 41.5. The minimum absolute atomic E-state index is 0.0456. The average Bonchev–Trinajstić information content (AvgIpc) is 3.26. The number of nitrogens with one attached hydrogen (secondary N) is 1. The molecular formula is C56H105NO5. The number of rotatable bonds is 49. The van der Waals surface area contributed by atoms with Crippen molar-refractivity contribution in [3.05, 3.63) is 36.5 Å². The molecule has 0 fully saturated rings. The molecule has 6 nitrogen and oxygen atoms in total. The van der Waals surface area contributed by atoms with Crippen LogP contribution in [0.3, 0.4) is 0 Å². The summed E-state index contributed by atoms with van der Waals surface area (Å²) in [7, 11) is 0. The molecule has 0 saturated carbocycles. The van der Waals surface area contributed by atoms with Crippen LogP contribution in [0.25, 0.3) is 0 Å². The number of carbonyl (C=O) groups excluding carboxylic acids is 2. The van der Waals surface area contributed by atoms with Crippen molar-refractivity contribution >= 4 is 11.9 Å². The Morgan fingerprint density at radius 2 is 0.839 bits per heavy atom. The number of unbranched alkanes of at least 4 members (excludes halogenated alkanes) is 32. The van der Waals surface area contributed by atoms with Gasteiger partial charge in [-0.2, -0.15) is 0 Å². The van der Waals surface area contributed by atoms with Gasteiger partial charge in [-0.3, -0.25) is 9.59 Å². The maximum atomic E-state index is 13.2. The van der Waals surface area contributed by atoms with Crippen molar-refractivity contribution in [1.82, 2.24) is 5.32 Å². The van der Waals surface area contributed by atoms with Crippen LogP contribution in [0, 0.1) is 0 Å². The molecule has 6 heteroatoms. The fourth-order valence-electron chi connectivity index (χ4n) is 8.31. The third-order valence-electron chi connectivity index (χ3n) is 12.5. The smallest absolute Gasteiger partial charge is 0.306 e. The number of amides is 1. The third kappa shape index (κ3) is 44.7. The Kier molecular flexibility index (Phi) is 48.5. The largest absolute Gasteiger partial charge is 0.462 e. The summed E-state index contributed by atoms with van der Waals surface area (Å²) in [6.07, 6.45) is 59.2. The monoisotopic (exact) mass is 872 g/mol. The fourth-order valence-corrected chi connectivity index (χ4v) is 8.31. The molecule has 0 aliphatic carbocycles. The zero-order chi connectivity index (χ0) is 45.2. The quantitative estimate of drug-likeness (QED) is 0.0245. The third-order valence-corrected chi connectivity index (χ3v) is 12.5. The molecule has 0 radical (unpaired) electrons. The maximum Gasteiger partial charge on any atom is 0.306 e. The lowest BCUT2D eigenvalue weighted by molar-refractivity contribution is -0.151. The normalized spacial score (nSPS) is 13.4. The number of hydrogen-bond acceptors (Lipinski definition) is 5. The first kappa shape index (κ1) is 60.1. The van der Waals surface area contributed by atoms with Crippen molar-refractivity contribution in [2.75, 3.05) is 6.61 Å². The molecule has 0 spiro atoms.